The molecule has 1 N–H and O–H groups in total. The van der Waals surface area contributed by atoms with Crippen molar-refractivity contribution in [3.8, 4) is 0 Å². The van der Waals surface area contributed by atoms with E-state index < -0.39 is 6.04 Å². The van der Waals surface area contributed by atoms with Gasteiger partial charge in [-0.15, -0.1) is 0 Å². The summed E-state index contributed by atoms with van der Waals surface area (Å²) >= 11 is 0. The van der Waals surface area contributed by atoms with Crippen LogP contribution in [-0.2, 0) is 16.6 Å². The molecule has 0 spiro atoms. The number of hydrogen-bond donors (Lipinski definition) is 1. The molecule has 96 valence electrons. The summed E-state index contributed by atoms with van der Waals surface area (Å²) in [6.45, 7) is 5.83. The second-order valence-corrected chi connectivity index (χ2v) is 4.31. The molecule has 6 heteroatoms. The zero-order valence-corrected chi connectivity index (χ0v) is 10.5. The monoisotopic (exact) mass is 248 g/mol. The average Bonchev–Trinajstić information content (AvgIpc) is 2.83. The Morgan fingerprint density at radius 3 is 2.94 bits per heavy atom. The van der Waals surface area contributed by atoms with Crippen LogP contribution < -0.4 is 10.2 Å². The van der Waals surface area contributed by atoms with E-state index in [1.165, 1.54) is 6.08 Å². The number of hydrogen-bond acceptors (Lipinski definition) is 3. The van der Waals surface area contributed by atoms with Crippen molar-refractivity contribution in [3.63, 3.8) is 0 Å². The lowest BCUT2D eigenvalue weighted by molar-refractivity contribution is -0.123. The Hall–Kier alpha value is -2.11. The number of aromatic nitrogens is 2. The Balaban J connectivity index is 2.14. The third kappa shape index (κ3) is 2.13. The highest BCUT2D eigenvalue weighted by Gasteiger charge is 2.34. The minimum Gasteiger partial charge on any atom is -0.341 e. The first-order valence-electron chi connectivity index (χ1n) is 5.78. The Bertz CT molecular complexity index is 506. The molecule has 1 aromatic heterocycles. The summed E-state index contributed by atoms with van der Waals surface area (Å²) < 4.78 is 1.67. The van der Waals surface area contributed by atoms with Gasteiger partial charge in [0.1, 0.15) is 11.9 Å². The topological polar surface area (TPSA) is 67.2 Å². The minimum atomic E-state index is -0.467. The van der Waals surface area contributed by atoms with Crippen LogP contribution in [0.3, 0.4) is 0 Å². The number of amides is 2. The molecule has 0 aromatic carbocycles. The molecular formula is C12H16N4O2. The highest BCUT2D eigenvalue weighted by Crippen LogP contribution is 2.21. The standard InChI is InChI=1S/C12H16N4O2/c1-4-10(17)13-9-5-6-16(12(9)18)11-7-8(2)14-15(11)3/h4,7,9H,1,5-6H2,2-3H3,(H,13,17). The van der Waals surface area contributed by atoms with Gasteiger partial charge in [-0.3, -0.25) is 19.2 Å². The van der Waals surface area contributed by atoms with E-state index in [1.54, 1.807) is 16.6 Å². The summed E-state index contributed by atoms with van der Waals surface area (Å²) in [7, 11) is 1.80. The first-order valence-corrected chi connectivity index (χ1v) is 5.78. The number of nitrogens with one attached hydrogen (secondary N) is 1. The normalized spacial score (nSPS) is 19.1. The maximum absolute atomic E-state index is 12.2. The van der Waals surface area contributed by atoms with Crippen molar-refractivity contribution < 1.29 is 9.59 Å². The lowest BCUT2D eigenvalue weighted by atomic mass is 10.2. The first-order chi connectivity index (χ1) is 8.52. The van der Waals surface area contributed by atoms with Gasteiger partial charge in [0.15, 0.2) is 0 Å². The Labute approximate surface area is 105 Å². The second-order valence-electron chi connectivity index (χ2n) is 4.31. The largest absolute Gasteiger partial charge is 0.341 e. The molecule has 0 saturated carbocycles. The van der Waals surface area contributed by atoms with Gasteiger partial charge in [0.2, 0.25) is 5.91 Å². The summed E-state index contributed by atoms with van der Waals surface area (Å²) in [6.07, 6.45) is 1.77. The number of rotatable bonds is 3. The average molecular weight is 248 g/mol. The van der Waals surface area contributed by atoms with Gasteiger partial charge >= 0.3 is 0 Å². The number of carbonyl (C=O) groups is 2. The van der Waals surface area contributed by atoms with E-state index in [2.05, 4.69) is 17.0 Å². The summed E-state index contributed by atoms with van der Waals surface area (Å²) in [4.78, 5) is 25.0. The maximum Gasteiger partial charge on any atom is 0.250 e. The van der Waals surface area contributed by atoms with Crippen LogP contribution in [0, 0.1) is 6.92 Å². The number of aryl methyl sites for hydroxylation is 2. The summed E-state index contributed by atoms with van der Waals surface area (Å²) in [5, 5.41) is 6.84. The van der Waals surface area contributed by atoms with Crippen LogP contribution in [0.25, 0.3) is 0 Å². The molecule has 0 radical (unpaired) electrons. The number of anilines is 1. The van der Waals surface area contributed by atoms with Crippen molar-refractivity contribution in [2.75, 3.05) is 11.4 Å². The van der Waals surface area contributed by atoms with Crippen LogP contribution in [0.15, 0.2) is 18.7 Å². The zero-order valence-electron chi connectivity index (χ0n) is 10.5. The van der Waals surface area contributed by atoms with E-state index in [4.69, 9.17) is 0 Å². The van der Waals surface area contributed by atoms with Gasteiger partial charge in [0.25, 0.3) is 5.91 Å². The van der Waals surface area contributed by atoms with Gasteiger partial charge in [-0.1, -0.05) is 6.58 Å². The van der Waals surface area contributed by atoms with Crippen LogP contribution in [0.4, 0.5) is 5.82 Å². The molecular weight excluding hydrogens is 232 g/mol. The van der Waals surface area contributed by atoms with Crippen LogP contribution >= 0.6 is 0 Å². The van der Waals surface area contributed by atoms with Gasteiger partial charge in [0.05, 0.1) is 5.69 Å². The van der Waals surface area contributed by atoms with Crippen molar-refractivity contribution >= 4 is 17.6 Å². The van der Waals surface area contributed by atoms with Crippen molar-refractivity contribution in [1.82, 2.24) is 15.1 Å². The molecule has 1 aliphatic heterocycles. The summed E-state index contributed by atoms with van der Waals surface area (Å²) in [5.74, 6) is 0.331. The third-order valence-electron chi connectivity index (χ3n) is 2.96. The Kier molecular flexibility index (Phi) is 3.18. The lowest BCUT2D eigenvalue weighted by Crippen LogP contribution is -2.41. The Morgan fingerprint density at radius 2 is 2.39 bits per heavy atom. The molecule has 1 saturated heterocycles. The second kappa shape index (κ2) is 4.64. The fourth-order valence-corrected chi connectivity index (χ4v) is 2.12. The van der Waals surface area contributed by atoms with Gasteiger partial charge in [-0.2, -0.15) is 5.10 Å². The maximum atomic E-state index is 12.2. The van der Waals surface area contributed by atoms with Crippen molar-refractivity contribution in [2.24, 2.45) is 7.05 Å². The van der Waals surface area contributed by atoms with E-state index in [0.717, 1.165) is 11.5 Å². The van der Waals surface area contributed by atoms with Gasteiger partial charge < -0.3 is 5.32 Å². The minimum absolute atomic E-state index is 0.104. The summed E-state index contributed by atoms with van der Waals surface area (Å²) in [5.41, 5.74) is 0.860. The first kappa shape index (κ1) is 12.3. The predicted octanol–water partition coefficient (Wildman–Crippen LogP) is 0.136. The zero-order chi connectivity index (χ0) is 13.3. The fourth-order valence-electron chi connectivity index (χ4n) is 2.12. The molecule has 1 aliphatic rings. The van der Waals surface area contributed by atoms with E-state index in [-0.39, 0.29) is 11.8 Å². The summed E-state index contributed by atoms with van der Waals surface area (Å²) in [6, 6.07) is 1.39. The van der Waals surface area contributed by atoms with Crippen LogP contribution in [0.1, 0.15) is 12.1 Å². The third-order valence-corrected chi connectivity index (χ3v) is 2.96. The highest BCUT2D eigenvalue weighted by molar-refractivity contribution is 6.01. The molecule has 0 bridgehead atoms. The molecule has 1 aromatic rings. The van der Waals surface area contributed by atoms with Crippen molar-refractivity contribution in [2.45, 2.75) is 19.4 Å². The van der Waals surface area contributed by atoms with Crippen molar-refractivity contribution in [1.29, 1.82) is 0 Å². The molecule has 1 fully saturated rings. The van der Waals surface area contributed by atoms with E-state index in [9.17, 15) is 9.59 Å². The van der Waals surface area contributed by atoms with E-state index in [0.29, 0.717) is 13.0 Å². The van der Waals surface area contributed by atoms with Gasteiger partial charge in [0, 0.05) is 19.7 Å². The van der Waals surface area contributed by atoms with Crippen LogP contribution in [-0.4, -0.2) is 34.2 Å². The molecule has 0 aliphatic carbocycles. The van der Waals surface area contributed by atoms with Gasteiger partial charge in [-0.25, -0.2) is 0 Å². The lowest BCUT2D eigenvalue weighted by Gasteiger charge is -2.16. The molecule has 1 unspecified atom stereocenters. The molecule has 2 rings (SSSR count). The quantitative estimate of drug-likeness (QED) is 0.773. The molecule has 1 atom stereocenters. The van der Waals surface area contributed by atoms with Crippen molar-refractivity contribution in [3.05, 3.63) is 24.4 Å². The number of carbonyl (C=O) groups excluding carboxylic acids is 2. The van der Waals surface area contributed by atoms with E-state index in [1.807, 2.05) is 13.0 Å². The SMILES string of the molecule is C=CC(=O)NC1CCN(c2cc(C)nn2C)C1=O. The van der Waals surface area contributed by atoms with Gasteiger partial charge in [-0.05, 0) is 19.4 Å². The molecule has 2 amide bonds. The Morgan fingerprint density at radius 1 is 1.67 bits per heavy atom. The molecule has 6 nitrogen and oxygen atoms in total. The number of nitrogens with zero attached hydrogens (tertiary/aromatic N) is 3. The van der Waals surface area contributed by atoms with Crippen LogP contribution in [0.5, 0.6) is 0 Å². The van der Waals surface area contributed by atoms with E-state index >= 15 is 0 Å². The predicted molar refractivity (Wildman–Crippen MR) is 67.0 cm³/mol. The van der Waals surface area contributed by atoms with Crippen LogP contribution in [0.2, 0.25) is 0 Å². The smallest absolute Gasteiger partial charge is 0.250 e. The highest BCUT2D eigenvalue weighted by atomic mass is 16.2. The molecule has 18 heavy (non-hydrogen) atoms. The molecule has 2 heterocycles. The fraction of sp³-hybridized carbons (Fsp3) is 0.417.